The predicted octanol–water partition coefficient (Wildman–Crippen LogP) is 5.79. The molecule has 0 radical (unpaired) electrons. The highest BCUT2D eigenvalue weighted by molar-refractivity contribution is 5.65. The van der Waals surface area contributed by atoms with Crippen LogP contribution in [0.15, 0.2) is 66.3 Å². The summed E-state index contributed by atoms with van der Waals surface area (Å²) in [7, 11) is 0. The number of hydrogen-bond acceptors (Lipinski definition) is 0. The third-order valence-electron chi connectivity index (χ3n) is 4.07. The van der Waals surface area contributed by atoms with Crippen LogP contribution < -0.4 is 0 Å². The topological polar surface area (TPSA) is 0 Å². The molecular weight excluding hydrogens is 259 g/mol. The van der Waals surface area contributed by atoms with Crippen molar-refractivity contribution in [2.24, 2.45) is 0 Å². The Kier molecular flexibility index (Phi) is 3.74. The van der Waals surface area contributed by atoms with Crippen LogP contribution in [0.25, 0.3) is 11.1 Å². The van der Waals surface area contributed by atoms with Crippen molar-refractivity contribution in [2.75, 3.05) is 0 Å². The Morgan fingerprint density at radius 2 is 1.76 bits per heavy atom. The van der Waals surface area contributed by atoms with Crippen molar-refractivity contribution in [1.82, 2.24) is 0 Å². The zero-order chi connectivity index (χ0) is 14.8. The molecule has 21 heavy (non-hydrogen) atoms. The van der Waals surface area contributed by atoms with Gasteiger partial charge in [0, 0.05) is 11.5 Å². The average Bonchev–Trinajstić information content (AvgIpc) is 2.49. The Bertz CT molecular complexity index is 705. The normalized spacial score (nSPS) is 17.7. The fourth-order valence-electron chi connectivity index (χ4n) is 2.70. The van der Waals surface area contributed by atoms with Gasteiger partial charge in [0.05, 0.1) is 0 Å². The van der Waals surface area contributed by atoms with E-state index in [1.54, 1.807) is 6.07 Å². The van der Waals surface area contributed by atoms with Gasteiger partial charge >= 0.3 is 0 Å². The molecule has 0 saturated heterocycles. The van der Waals surface area contributed by atoms with Crippen LogP contribution in [0, 0.1) is 12.7 Å². The molecule has 0 saturated carbocycles. The molecule has 1 unspecified atom stereocenters. The summed E-state index contributed by atoms with van der Waals surface area (Å²) in [6.45, 7) is 4.13. The molecule has 1 heteroatoms. The molecule has 0 spiro atoms. The molecule has 0 amide bonds. The van der Waals surface area contributed by atoms with E-state index < -0.39 is 0 Å². The third kappa shape index (κ3) is 2.97. The Balaban J connectivity index is 1.90. The summed E-state index contributed by atoms with van der Waals surface area (Å²) in [5.74, 6) is 0.145. The highest BCUT2D eigenvalue weighted by Crippen LogP contribution is 2.30. The average molecular weight is 278 g/mol. The van der Waals surface area contributed by atoms with Gasteiger partial charge in [0.2, 0.25) is 0 Å². The minimum Gasteiger partial charge on any atom is -0.206 e. The lowest BCUT2D eigenvalue weighted by molar-refractivity contribution is 0.627. The highest BCUT2D eigenvalue weighted by atomic mass is 19.1. The van der Waals surface area contributed by atoms with E-state index in [-0.39, 0.29) is 11.7 Å². The van der Waals surface area contributed by atoms with Gasteiger partial charge in [-0.15, -0.1) is 0 Å². The second kappa shape index (κ2) is 5.69. The Morgan fingerprint density at radius 3 is 2.38 bits per heavy atom. The zero-order valence-corrected chi connectivity index (χ0v) is 12.4. The smallest absolute Gasteiger partial charge is 0.131 e. The molecule has 0 N–H and O–H groups in total. The van der Waals surface area contributed by atoms with Gasteiger partial charge in [-0.2, -0.15) is 0 Å². The van der Waals surface area contributed by atoms with Crippen LogP contribution in [0.4, 0.5) is 4.39 Å². The largest absolute Gasteiger partial charge is 0.206 e. The van der Waals surface area contributed by atoms with Gasteiger partial charge in [0.25, 0.3) is 0 Å². The van der Waals surface area contributed by atoms with Crippen molar-refractivity contribution < 1.29 is 4.39 Å². The maximum Gasteiger partial charge on any atom is 0.131 e. The van der Waals surface area contributed by atoms with E-state index in [0.717, 1.165) is 17.5 Å². The van der Waals surface area contributed by atoms with Gasteiger partial charge in [-0.1, -0.05) is 65.8 Å². The van der Waals surface area contributed by atoms with Crippen molar-refractivity contribution in [3.63, 3.8) is 0 Å². The van der Waals surface area contributed by atoms with Gasteiger partial charge < -0.3 is 0 Å². The zero-order valence-electron chi connectivity index (χ0n) is 12.4. The van der Waals surface area contributed by atoms with E-state index >= 15 is 0 Å². The molecule has 0 aliphatic heterocycles. The molecule has 0 aromatic heterocycles. The van der Waals surface area contributed by atoms with Crippen LogP contribution in [-0.2, 0) is 0 Å². The molecule has 2 aromatic rings. The maximum atomic E-state index is 14.4. The fourth-order valence-corrected chi connectivity index (χ4v) is 2.70. The monoisotopic (exact) mass is 278 g/mol. The van der Waals surface area contributed by atoms with E-state index in [9.17, 15) is 4.39 Å². The van der Waals surface area contributed by atoms with Crippen LogP contribution in [0.5, 0.6) is 0 Å². The van der Waals surface area contributed by atoms with Crippen LogP contribution in [0.3, 0.4) is 0 Å². The molecule has 1 aliphatic rings. The maximum absolute atomic E-state index is 14.4. The summed E-state index contributed by atoms with van der Waals surface area (Å²) < 4.78 is 14.4. The van der Waals surface area contributed by atoms with Gasteiger partial charge in [-0.3, -0.25) is 0 Å². The first-order valence-electron chi connectivity index (χ1n) is 7.35. The first kappa shape index (κ1) is 13.8. The molecule has 0 bridgehead atoms. The lowest BCUT2D eigenvalue weighted by Crippen LogP contribution is -1.99. The molecule has 0 fully saturated rings. The molecule has 3 rings (SSSR count). The fraction of sp³-hybridized carbons (Fsp3) is 0.200. The lowest BCUT2D eigenvalue weighted by atomic mass is 9.89. The Morgan fingerprint density at radius 1 is 1.00 bits per heavy atom. The lowest BCUT2D eigenvalue weighted by Gasteiger charge is -2.16. The second-order valence-corrected chi connectivity index (χ2v) is 5.75. The van der Waals surface area contributed by atoms with Crippen LogP contribution in [0.1, 0.15) is 30.4 Å². The van der Waals surface area contributed by atoms with E-state index in [4.69, 9.17) is 0 Å². The number of allylic oxidation sites excluding steroid dienone is 4. The predicted molar refractivity (Wildman–Crippen MR) is 86.8 cm³/mol. The minimum absolute atomic E-state index is 0.143. The van der Waals surface area contributed by atoms with E-state index in [0.29, 0.717) is 5.56 Å². The molecule has 0 nitrogen and oxygen atoms in total. The van der Waals surface area contributed by atoms with E-state index in [1.807, 2.05) is 43.3 Å². The van der Waals surface area contributed by atoms with E-state index in [2.05, 4.69) is 25.2 Å². The molecular formula is C20H19F. The van der Waals surface area contributed by atoms with Crippen LogP contribution in [0.2, 0.25) is 0 Å². The van der Waals surface area contributed by atoms with Gasteiger partial charge in [0.15, 0.2) is 0 Å². The molecule has 106 valence electrons. The van der Waals surface area contributed by atoms with Crippen molar-refractivity contribution in [3.8, 4) is 11.1 Å². The molecule has 1 aliphatic carbocycles. The number of rotatable bonds is 2. The van der Waals surface area contributed by atoms with Crippen molar-refractivity contribution in [2.45, 2.75) is 26.2 Å². The third-order valence-corrected chi connectivity index (χ3v) is 4.07. The van der Waals surface area contributed by atoms with Gasteiger partial charge in [-0.25, -0.2) is 4.39 Å². The van der Waals surface area contributed by atoms with E-state index in [1.165, 1.54) is 11.1 Å². The van der Waals surface area contributed by atoms with Crippen LogP contribution in [-0.4, -0.2) is 0 Å². The van der Waals surface area contributed by atoms with Crippen molar-refractivity contribution in [1.29, 1.82) is 0 Å². The van der Waals surface area contributed by atoms with Crippen molar-refractivity contribution in [3.05, 3.63) is 83.2 Å². The van der Waals surface area contributed by atoms with Crippen molar-refractivity contribution >= 4 is 0 Å². The summed E-state index contributed by atoms with van der Waals surface area (Å²) in [4.78, 5) is 0. The highest BCUT2D eigenvalue weighted by Gasteiger charge is 2.13. The first-order valence-corrected chi connectivity index (χ1v) is 7.35. The molecule has 2 aromatic carbocycles. The summed E-state index contributed by atoms with van der Waals surface area (Å²) in [5, 5.41) is 0. The van der Waals surface area contributed by atoms with Crippen LogP contribution >= 0.6 is 0 Å². The SMILES string of the molecule is CC1=CCC(c2ccc(-c3ccc(C)cc3)c(F)c2)C=C1. The summed E-state index contributed by atoms with van der Waals surface area (Å²) in [5.41, 5.74) is 5.11. The summed E-state index contributed by atoms with van der Waals surface area (Å²) in [6, 6.07) is 13.6. The number of benzene rings is 2. The summed E-state index contributed by atoms with van der Waals surface area (Å²) >= 11 is 0. The number of hydrogen-bond donors (Lipinski definition) is 0. The second-order valence-electron chi connectivity index (χ2n) is 5.75. The number of aryl methyl sites for hydroxylation is 1. The first-order chi connectivity index (χ1) is 10.1. The molecule has 0 heterocycles. The standard InChI is InChI=1S/C20H19F/c1-14-3-7-16(8-4-14)18-11-12-19(20(21)13-18)17-9-5-15(2)6-10-17/h3-7,9-13,16H,8H2,1-2H3. The Hall–Kier alpha value is -2.15. The summed E-state index contributed by atoms with van der Waals surface area (Å²) in [6.07, 6.45) is 7.43. The van der Waals surface area contributed by atoms with Gasteiger partial charge in [0.1, 0.15) is 5.82 Å². The quantitative estimate of drug-likeness (QED) is 0.652. The van der Waals surface area contributed by atoms with Gasteiger partial charge in [-0.05, 0) is 37.5 Å². The number of halogens is 1. The molecule has 1 atom stereocenters. The minimum atomic E-state index is -0.143. The Labute approximate surface area is 125 Å².